The number of amides is 4. The Kier molecular flexibility index (Phi) is 27.3. The molecule has 20 nitrogen and oxygen atoms in total. The van der Waals surface area contributed by atoms with Crippen molar-refractivity contribution in [1.29, 1.82) is 0 Å². The molecule has 1 spiro atoms. The zero-order valence-corrected chi connectivity index (χ0v) is 42.2. The largest absolute Gasteiger partial charge is 0.445 e. The number of hydrogen-bond donors (Lipinski definition) is 3. The number of hydrogen-bond acceptors (Lipinski definition) is 15. The normalized spacial score (nSPS) is 22.5. The molecule has 0 aliphatic carbocycles. The van der Waals surface area contributed by atoms with Crippen LogP contribution in [0.2, 0.25) is 0 Å². The van der Waals surface area contributed by atoms with Gasteiger partial charge in [-0.25, -0.2) is 35.9 Å². The molecule has 5 aliphatic rings. The Hall–Kier alpha value is -5.62. The zero-order valence-electron chi connectivity index (χ0n) is 40.6. The van der Waals surface area contributed by atoms with Crippen molar-refractivity contribution in [3.63, 3.8) is 0 Å². The molecule has 3 aromatic rings. The van der Waals surface area contributed by atoms with Gasteiger partial charge in [-0.3, -0.25) is 24.1 Å². The molecular formula is C54H84N6O14S2. The van der Waals surface area contributed by atoms with Crippen molar-refractivity contribution in [3.05, 3.63) is 107 Å². The molecule has 8 rings (SSSR count). The lowest BCUT2D eigenvalue weighted by molar-refractivity contribution is -0.245. The Balaban J connectivity index is 0.000000583. The molecule has 4 amide bonds. The fourth-order valence-electron chi connectivity index (χ4n) is 9.20. The maximum atomic E-state index is 12.7. The lowest BCUT2D eigenvalue weighted by Crippen LogP contribution is -2.61. The van der Waals surface area contributed by atoms with Crippen LogP contribution >= 0.6 is 0 Å². The van der Waals surface area contributed by atoms with Gasteiger partial charge in [0.25, 0.3) is 11.8 Å². The van der Waals surface area contributed by atoms with Gasteiger partial charge < -0.3 is 34.1 Å². The highest BCUT2D eigenvalue weighted by atomic mass is 32.2. The first-order valence-electron chi connectivity index (χ1n) is 23.5. The molecule has 6 atom stereocenters. The van der Waals surface area contributed by atoms with Gasteiger partial charge in [-0.2, -0.15) is 0 Å². The SMILES string of the molecule is C.C.C.C.C.CC1CN(C(=O)OCc2ccccc2)CC(CN2C(=O)c3ccccc3C2=O)C1=O.CC1CN(C(=O)OCc2ccccc2)CC(CNS(C)(=O)=O)C12OCCO2.CC1CNCC(CNS(C)(=O)=O)C1=O. The Morgan fingerprint density at radius 1 is 0.605 bits per heavy atom. The predicted molar refractivity (Wildman–Crippen MR) is 293 cm³/mol. The average molecular weight is 1110 g/mol. The molecule has 0 aromatic heterocycles. The van der Waals surface area contributed by atoms with E-state index in [1.54, 1.807) is 36.1 Å². The summed E-state index contributed by atoms with van der Waals surface area (Å²) in [5.41, 5.74) is 2.47. The lowest BCUT2D eigenvalue weighted by atomic mass is 9.83. The van der Waals surface area contributed by atoms with E-state index in [1.165, 1.54) is 4.90 Å². The first kappa shape index (κ1) is 68.4. The smallest absolute Gasteiger partial charge is 0.410 e. The molecule has 3 N–H and O–H groups in total. The highest BCUT2D eigenvalue weighted by molar-refractivity contribution is 7.89. The van der Waals surface area contributed by atoms with E-state index in [0.29, 0.717) is 50.5 Å². The van der Waals surface area contributed by atoms with Crippen LogP contribution in [-0.2, 0) is 61.8 Å². The summed E-state index contributed by atoms with van der Waals surface area (Å²) in [6, 6.07) is 25.4. The van der Waals surface area contributed by atoms with Crippen LogP contribution in [0.1, 0.15) is 89.7 Å². The number of benzene rings is 3. The molecule has 3 aromatic carbocycles. The first-order valence-corrected chi connectivity index (χ1v) is 27.3. The number of ketones is 2. The molecule has 426 valence electrons. The van der Waals surface area contributed by atoms with E-state index in [4.69, 9.17) is 18.9 Å². The quantitative estimate of drug-likeness (QED) is 0.174. The Labute approximate surface area is 452 Å². The van der Waals surface area contributed by atoms with Gasteiger partial charge in [0, 0.05) is 88.5 Å². The number of nitrogens with zero attached hydrogens (tertiary/aromatic N) is 3. The lowest BCUT2D eigenvalue weighted by Gasteiger charge is -2.47. The van der Waals surface area contributed by atoms with E-state index in [0.717, 1.165) is 28.5 Å². The van der Waals surface area contributed by atoms with Crippen LogP contribution < -0.4 is 14.8 Å². The van der Waals surface area contributed by atoms with Gasteiger partial charge in [-0.1, -0.05) is 131 Å². The Morgan fingerprint density at radius 2 is 1.05 bits per heavy atom. The number of piperidine rings is 3. The summed E-state index contributed by atoms with van der Waals surface area (Å²) in [5.74, 6) is -3.34. The van der Waals surface area contributed by atoms with Gasteiger partial charge in [0.1, 0.15) is 24.8 Å². The van der Waals surface area contributed by atoms with E-state index in [-0.39, 0.29) is 118 Å². The third-order valence-corrected chi connectivity index (χ3v) is 14.3. The third-order valence-electron chi connectivity index (χ3n) is 12.9. The molecule has 0 radical (unpaired) electrons. The van der Waals surface area contributed by atoms with Gasteiger partial charge in [0.05, 0.1) is 42.8 Å². The third kappa shape index (κ3) is 18.3. The van der Waals surface area contributed by atoms with Crippen LogP contribution in [-0.4, -0.2) is 158 Å². The van der Waals surface area contributed by atoms with Crippen LogP contribution in [0.25, 0.3) is 0 Å². The fourth-order valence-corrected chi connectivity index (χ4v) is 10.2. The van der Waals surface area contributed by atoms with Crippen LogP contribution in [0.15, 0.2) is 84.9 Å². The topological polar surface area (TPSA) is 253 Å². The molecule has 5 aliphatic heterocycles. The summed E-state index contributed by atoms with van der Waals surface area (Å²) in [5, 5.41) is 3.10. The predicted octanol–water partition coefficient (Wildman–Crippen LogP) is 6.08. The van der Waals surface area contributed by atoms with Gasteiger partial charge in [-0.15, -0.1) is 0 Å². The highest BCUT2D eigenvalue weighted by Crippen LogP contribution is 2.40. The minimum atomic E-state index is -3.37. The fraction of sp³-hybridized carbons (Fsp3) is 0.556. The minimum absolute atomic E-state index is 0. The van der Waals surface area contributed by atoms with Crippen LogP contribution in [0, 0.1) is 35.5 Å². The van der Waals surface area contributed by atoms with E-state index < -0.39 is 61.7 Å². The van der Waals surface area contributed by atoms with Crippen LogP contribution in [0.4, 0.5) is 9.59 Å². The second kappa shape index (κ2) is 30.4. The summed E-state index contributed by atoms with van der Waals surface area (Å²) in [4.78, 5) is 78.8. The Bertz CT molecular complexity index is 2570. The molecule has 22 heteroatoms. The van der Waals surface area contributed by atoms with Crippen molar-refractivity contribution in [2.75, 3.05) is 84.6 Å². The number of ether oxygens (including phenoxy) is 4. The number of fused-ring (bicyclic) bond motifs is 1. The van der Waals surface area contributed by atoms with Crippen molar-refractivity contribution in [1.82, 2.24) is 29.5 Å². The maximum absolute atomic E-state index is 12.7. The monoisotopic (exact) mass is 1100 g/mol. The number of imide groups is 1. The van der Waals surface area contributed by atoms with Crippen molar-refractivity contribution in [2.24, 2.45) is 35.5 Å². The molecule has 4 fully saturated rings. The molecule has 5 heterocycles. The second-order valence-electron chi connectivity index (χ2n) is 18.6. The number of sulfonamides is 2. The summed E-state index contributed by atoms with van der Waals surface area (Å²) in [7, 11) is -6.56. The number of Topliss-reactive ketones (excluding diaryl/α,β-unsaturated/α-hetero) is 2. The average Bonchev–Trinajstić information content (AvgIpc) is 3.93. The van der Waals surface area contributed by atoms with Gasteiger partial charge in [0.2, 0.25) is 20.0 Å². The maximum Gasteiger partial charge on any atom is 0.410 e. The summed E-state index contributed by atoms with van der Waals surface area (Å²) >= 11 is 0. The van der Waals surface area contributed by atoms with E-state index >= 15 is 0 Å². The Morgan fingerprint density at radius 3 is 1.54 bits per heavy atom. The summed E-state index contributed by atoms with van der Waals surface area (Å²) in [6.07, 6.45) is 1.26. The van der Waals surface area contributed by atoms with Crippen LogP contribution in [0.5, 0.6) is 0 Å². The zero-order chi connectivity index (χ0) is 51.5. The summed E-state index contributed by atoms with van der Waals surface area (Å²) < 4.78 is 72.2. The number of rotatable bonds is 12. The molecule has 76 heavy (non-hydrogen) atoms. The molecule has 0 saturated carbocycles. The first-order chi connectivity index (χ1) is 33.7. The van der Waals surface area contributed by atoms with Gasteiger partial charge in [-0.05, 0) is 23.3 Å². The number of nitrogens with one attached hydrogen (secondary N) is 3. The van der Waals surface area contributed by atoms with Crippen molar-refractivity contribution < 1.29 is 64.6 Å². The van der Waals surface area contributed by atoms with Crippen LogP contribution in [0.3, 0.4) is 0 Å². The van der Waals surface area contributed by atoms with Crippen molar-refractivity contribution >= 4 is 55.6 Å². The molecule has 4 saturated heterocycles. The number of carbonyl (C=O) groups excluding carboxylic acids is 6. The van der Waals surface area contributed by atoms with Crippen molar-refractivity contribution in [2.45, 2.75) is 76.9 Å². The minimum Gasteiger partial charge on any atom is -0.445 e. The second-order valence-corrected chi connectivity index (χ2v) is 22.2. The standard InChI is InChI=1S/C23H22N2O5.C18H26N2O6S.C8H16N2O3S.5CH4/c1-15-11-24(23(29)30-14-16-7-3-2-4-8-16)12-17(20(15)26)13-25-21(27)18-9-5-6-10-19(18)22(25)28;1-14-11-20(17(21)24-13-15-6-4-3-5-7-15)12-16(10-19-27(2,22)23)18(14)25-8-9-26-18;1-6-3-9-4-7(8(6)11)5-10-14(2,12)13;;;;;/h2-10,15,17H,11-14H2,1H3;3-7,14,16,19H,8-13H2,1-2H3;6-7,9-10H,3-5H2,1-2H3;5*1H4. The molecule has 6 unspecified atom stereocenters. The van der Waals surface area contributed by atoms with E-state index in [1.807, 2.05) is 74.5 Å². The highest BCUT2D eigenvalue weighted by Gasteiger charge is 2.53. The van der Waals surface area contributed by atoms with E-state index in [2.05, 4.69) is 14.8 Å². The van der Waals surface area contributed by atoms with Crippen molar-refractivity contribution in [3.8, 4) is 0 Å². The van der Waals surface area contributed by atoms with Gasteiger partial charge in [0.15, 0.2) is 5.79 Å². The molecule has 0 bridgehead atoms. The number of carbonyl (C=O) groups is 6. The van der Waals surface area contributed by atoms with Gasteiger partial charge >= 0.3 is 12.2 Å². The summed E-state index contributed by atoms with van der Waals surface area (Å²) in [6.45, 7) is 9.40. The number of likely N-dealkylation sites (tertiary alicyclic amines) is 2. The molecular weight excluding hydrogens is 1020 g/mol. The van der Waals surface area contributed by atoms with E-state index in [9.17, 15) is 45.6 Å².